The molecule has 1 aliphatic carbocycles. The Kier molecular flexibility index (Phi) is 3.82. The zero-order chi connectivity index (χ0) is 12.3. The molecule has 0 aliphatic heterocycles. The molecule has 2 rings (SSSR count). The van der Waals surface area contributed by atoms with Crippen LogP contribution in [0.1, 0.15) is 43.2 Å². The Morgan fingerprint density at radius 1 is 1.24 bits per heavy atom. The molecule has 17 heavy (non-hydrogen) atoms. The van der Waals surface area contributed by atoms with Gasteiger partial charge < -0.3 is 5.32 Å². The first-order valence-corrected chi connectivity index (χ1v) is 6.59. The number of nitrogens with one attached hydrogen (secondary N) is 1. The first kappa shape index (κ1) is 12.6. The van der Waals surface area contributed by atoms with Crippen LogP contribution in [0.4, 0.5) is 4.39 Å². The fraction of sp³-hybridized carbons (Fsp3) is 0.600. The van der Waals surface area contributed by atoms with Crippen LogP contribution in [0.2, 0.25) is 0 Å². The Bertz CT molecular complexity index is 375. The van der Waals surface area contributed by atoms with Gasteiger partial charge in [0, 0.05) is 12.0 Å². The summed E-state index contributed by atoms with van der Waals surface area (Å²) in [6.45, 7) is 2.78. The molecule has 0 radical (unpaired) electrons. The monoisotopic (exact) mass is 235 g/mol. The molecule has 0 spiro atoms. The van der Waals surface area contributed by atoms with Crippen LogP contribution in [0.5, 0.6) is 0 Å². The lowest BCUT2D eigenvalue weighted by Gasteiger charge is -2.38. The molecule has 0 unspecified atom stereocenters. The molecule has 0 aromatic heterocycles. The summed E-state index contributed by atoms with van der Waals surface area (Å²) in [6.07, 6.45) is 6.20. The van der Waals surface area contributed by atoms with Crippen LogP contribution in [0, 0.1) is 12.7 Å². The molecule has 94 valence electrons. The fourth-order valence-electron chi connectivity index (χ4n) is 3.06. The van der Waals surface area contributed by atoms with Gasteiger partial charge >= 0.3 is 0 Å². The van der Waals surface area contributed by atoms with Crippen molar-refractivity contribution < 1.29 is 4.39 Å². The van der Waals surface area contributed by atoms with Gasteiger partial charge in [-0.1, -0.05) is 31.4 Å². The summed E-state index contributed by atoms with van der Waals surface area (Å²) >= 11 is 0. The highest BCUT2D eigenvalue weighted by molar-refractivity contribution is 5.31. The normalized spacial score (nSPS) is 19.2. The number of hydrogen-bond acceptors (Lipinski definition) is 1. The van der Waals surface area contributed by atoms with Crippen LogP contribution >= 0.6 is 0 Å². The van der Waals surface area contributed by atoms with Crippen LogP contribution in [-0.4, -0.2) is 13.6 Å². The Labute approximate surface area is 103 Å². The molecule has 1 fully saturated rings. The lowest BCUT2D eigenvalue weighted by molar-refractivity contribution is 0.285. The molecular formula is C15H22FN. The van der Waals surface area contributed by atoms with E-state index in [1.165, 1.54) is 37.7 Å². The quantitative estimate of drug-likeness (QED) is 0.844. The summed E-state index contributed by atoms with van der Waals surface area (Å²) < 4.78 is 13.7. The average molecular weight is 235 g/mol. The van der Waals surface area contributed by atoms with Crippen molar-refractivity contribution in [3.8, 4) is 0 Å². The van der Waals surface area contributed by atoms with E-state index in [9.17, 15) is 4.39 Å². The highest BCUT2D eigenvalue weighted by atomic mass is 19.1. The maximum atomic E-state index is 13.7. The first-order valence-electron chi connectivity index (χ1n) is 6.59. The molecule has 0 heterocycles. The predicted octanol–water partition coefficient (Wildman–Crippen LogP) is 3.56. The molecule has 0 atom stereocenters. The molecule has 1 aromatic carbocycles. The average Bonchev–Trinajstić information content (AvgIpc) is 2.34. The third-order valence-electron chi connectivity index (χ3n) is 4.11. The van der Waals surface area contributed by atoms with Crippen LogP contribution < -0.4 is 5.32 Å². The van der Waals surface area contributed by atoms with E-state index in [0.717, 1.165) is 12.1 Å². The van der Waals surface area contributed by atoms with Crippen molar-refractivity contribution in [2.24, 2.45) is 0 Å². The lowest BCUT2D eigenvalue weighted by atomic mass is 9.69. The minimum absolute atomic E-state index is 0.0662. The van der Waals surface area contributed by atoms with E-state index in [1.54, 1.807) is 6.07 Å². The third-order valence-corrected chi connectivity index (χ3v) is 4.11. The van der Waals surface area contributed by atoms with Crippen molar-refractivity contribution >= 4 is 0 Å². The minimum Gasteiger partial charge on any atom is -0.319 e. The molecule has 0 saturated heterocycles. The van der Waals surface area contributed by atoms with Gasteiger partial charge in [-0.25, -0.2) is 4.39 Å². The van der Waals surface area contributed by atoms with Gasteiger partial charge in [-0.3, -0.25) is 0 Å². The number of halogens is 1. The van der Waals surface area contributed by atoms with E-state index in [4.69, 9.17) is 0 Å². The van der Waals surface area contributed by atoms with Crippen molar-refractivity contribution in [3.63, 3.8) is 0 Å². The van der Waals surface area contributed by atoms with E-state index < -0.39 is 0 Å². The van der Waals surface area contributed by atoms with E-state index in [0.29, 0.717) is 0 Å². The number of likely N-dealkylation sites (N-methyl/N-ethyl adjacent to an activating group) is 1. The molecular weight excluding hydrogens is 213 g/mol. The Balaban J connectivity index is 2.34. The molecule has 1 aliphatic rings. The highest BCUT2D eigenvalue weighted by Gasteiger charge is 2.33. The van der Waals surface area contributed by atoms with Crippen molar-refractivity contribution in [2.45, 2.75) is 44.4 Å². The SMILES string of the molecule is CNCC1(c2ccc(C)c(F)c2)CCCCC1. The maximum absolute atomic E-state index is 13.7. The van der Waals surface area contributed by atoms with E-state index in [-0.39, 0.29) is 11.2 Å². The van der Waals surface area contributed by atoms with Crippen LogP contribution in [0.3, 0.4) is 0 Å². The Hall–Kier alpha value is -0.890. The molecule has 1 aromatic rings. The van der Waals surface area contributed by atoms with Gasteiger partial charge in [0.1, 0.15) is 5.82 Å². The van der Waals surface area contributed by atoms with Crippen molar-refractivity contribution in [2.75, 3.05) is 13.6 Å². The van der Waals surface area contributed by atoms with E-state index >= 15 is 0 Å². The van der Waals surface area contributed by atoms with Gasteiger partial charge in [0.05, 0.1) is 0 Å². The highest BCUT2D eigenvalue weighted by Crippen LogP contribution is 2.39. The summed E-state index contributed by atoms with van der Waals surface area (Å²) in [7, 11) is 1.99. The zero-order valence-electron chi connectivity index (χ0n) is 10.9. The lowest BCUT2D eigenvalue weighted by Crippen LogP contribution is -2.38. The smallest absolute Gasteiger partial charge is 0.126 e. The van der Waals surface area contributed by atoms with Crippen LogP contribution in [-0.2, 0) is 5.41 Å². The second-order valence-electron chi connectivity index (χ2n) is 5.34. The number of aryl methyl sites for hydroxylation is 1. The van der Waals surface area contributed by atoms with E-state index in [1.807, 2.05) is 20.0 Å². The summed E-state index contributed by atoms with van der Waals surface area (Å²) in [4.78, 5) is 0. The van der Waals surface area contributed by atoms with Gasteiger partial charge in [-0.15, -0.1) is 0 Å². The van der Waals surface area contributed by atoms with Gasteiger partial charge in [0.15, 0.2) is 0 Å². The third kappa shape index (κ3) is 2.52. The number of hydrogen-bond donors (Lipinski definition) is 1. The second-order valence-corrected chi connectivity index (χ2v) is 5.34. The topological polar surface area (TPSA) is 12.0 Å². The standard InChI is InChI=1S/C15H22FN/c1-12-6-7-13(10-14(12)16)15(11-17-2)8-4-3-5-9-15/h6-7,10,17H,3-5,8-9,11H2,1-2H3. The first-order chi connectivity index (χ1) is 8.18. The molecule has 1 saturated carbocycles. The Morgan fingerprint density at radius 3 is 2.53 bits per heavy atom. The summed E-state index contributed by atoms with van der Waals surface area (Å²) in [5.74, 6) is -0.0662. The van der Waals surface area contributed by atoms with E-state index in [2.05, 4.69) is 11.4 Å². The van der Waals surface area contributed by atoms with Gasteiger partial charge in [-0.2, -0.15) is 0 Å². The number of benzene rings is 1. The predicted molar refractivity (Wildman–Crippen MR) is 69.8 cm³/mol. The minimum atomic E-state index is -0.0662. The number of rotatable bonds is 3. The molecule has 0 bridgehead atoms. The van der Waals surface area contributed by atoms with Crippen molar-refractivity contribution in [1.29, 1.82) is 0 Å². The Morgan fingerprint density at radius 2 is 1.94 bits per heavy atom. The fourth-order valence-corrected chi connectivity index (χ4v) is 3.06. The molecule has 1 N–H and O–H groups in total. The molecule has 2 heteroatoms. The largest absolute Gasteiger partial charge is 0.319 e. The van der Waals surface area contributed by atoms with Crippen molar-refractivity contribution in [3.05, 3.63) is 35.1 Å². The van der Waals surface area contributed by atoms with Crippen molar-refractivity contribution in [1.82, 2.24) is 5.32 Å². The second kappa shape index (κ2) is 5.18. The molecule has 1 nitrogen and oxygen atoms in total. The zero-order valence-corrected chi connectivity index (χ0v) is 10.9. The summed E-state index contributed by atoms with van der Waals surface area (Å²) in [5, 5.41) is 3.29. The molecule has 0 amide bonds. The van der Waals surface area contributed by atoms with Crippen LogP contribution in [0.25, 0.3) is 0 Å². The summed E-state index contributed by atoms with van der Waals surface area (Å²) in [6, 6.07) is 5.77. The van der Waals surface area contributed by atoms with Gasteiger partial charge in [0.2, 0.25) is 0 Å². The van der Waals surface area contributed by atoms with Gasteiger partial charge in [-0.05, 0) is 44.0 Å². The van der Waals surface area contributed by atoms with Crippen LogP contribution in [0.15, 0.2) is 18.2 Å². The van der Waals surface area contributed by atoms with Gasteiger partial charge in [0.25, 0.3) is 0 Å². The maximum Gasteiger partial charge on any atom is 0.126 e. The summed E-state index contributed by atoms with van der Waals surface area (Å²) in [5.41, 5.74) is 2.07.